The second kappa shape index (κ2) is 7.31. The third-order valence-electron chi connectivity index (χ3n) is 1.45. The number of thioether (sulfide) groups is 1. The molecule has 0 saturated carbocycles. The number of ether oxygens (including phenoxy) is 1. The first-order chi connectivity index (χ1) is 6.74. The lowest BCUT2D eigenvalue weighted by Crippen LogP contribution is -3.00. The first-order valence-corrected chi connectivity index (χ1v) is 5.08. The molecule has 0 fully saturated rings. The van der Waals surface area contributed by atoms with Crippen LogP contribution in [-0.2, 0) is 9.53 Å². The van der Waals surface area contributed by atoms with Gasteiger partial charge in [-0.05, 0) is 30.8 Å². The third kappa shape index (κ3) is 4.85. The number of hydrogen-bond donors (Lipinski definition) is 1. The Kier molecular flexibility index (Phi) is 6.83. The Morgan fingerprint density at radius 2 is 2.00 bits per heavy atom. The van der Waals surface area contributed by atoms with Crippen molar-refractivity contribution in [3.63, 3.8) is 0 Å². The lowest BCUT2D eigenvalue weighted by Gasteiger charge is -1.98. The molecule has 1 rings (SSSR count). The molecule has 2 N–H and O–H groups in total. The summed E-state index contributed by atoms with van der Waals surface area (Å²) >= 11 is 1.21. The number of nitrogens with two attached hydrogens (primary N) is 1. The average molecular weight is 246 g/mol. The molecular weight excluding hydrogens is 234 g/mol. The molecule has 1 aromatic rings. The molecule has 0 aliphatic rings. The van der Waals surface area contributed by atoms with Gasteiger partial charge >= 0.3 is 11.0 Å². The lowest BCUT2D eigenvalue weighted by molar-refractivity contribution is -0.149. The molecule has 0 aliphatic heterocycles. The van der Waals surface area contributed by atoms with Gasteiger partial charge in [-0.3, -0.25) is 0 Å². The number of carbonyl (C=O) groups is 1. The highest BCUT2D eigenvalue weighted by molar-refractivity contribution is 8.15. The van der Waals surface area contributed by atoms with Gasteiger partial charge in [-0.1, -0.05) is 18.2 Å². The minimum absolute atomic E-state index is 0. The summed E-state index contributed by atoms with van der Waals surface area (Å²) in [6.07, 6.45) is 0. The van der Waals surface area contributed by atoms with E-state index in [1.165, 1.54) is 11.8 Å². The lowest BCUT2D eigenvalue weighted by atomic mass is 10.4. The Hall–Kier alpha value is -1.00. The van der Waals surface area contributed by atoms with Crippen LogP contribution < -0.4 is 17.8 Å². The first-order valence-electron chi connectivity index (χ1n) is 4.26. The molecule has 82 valence electrons. The normalized spacial score (nSPS) is 8.87. The minimum Gasteiger partial charge on any atom is -1.00 e. The topological polar surface area (TPSA) is 51.9 Å². The molecule has 0 atom stereocenters. The van der Waals surface area contributed by atoms with Crippen LogP contribution >= 0.6 is 11.8 Å². The summed E-state index contributed by atoms with van der Waals surface area (Å²) < 4.78 is 4.75. The highest BCUT2D eigenvalue weighted by Gasteiger charge is 2.17. The molecule has 0 unspecified atom stereocenters. The Labute approximate surface area is 99.1 Å². The van der Waals surface area contributed by atoms with Crippen LogP contribution in [0.4, 0.5) is 0 Å². The smallest absolute Gasteiger partial charge is 0.410 e. The molecule has 0 saturated heterocycles. The summed E-state index contributed by atoms with van der Waals surface area (Å²) in [4.78, 5) is 12.1. The first kappa shape index (κ1) is 14.0. The van der Waals surface area contributed by atoms with Gasteiger partial charge in [0.25, 0.3) is 0 Å². The van der Waals surface area contributed by atoms with Crippen LogP contribution in [0.1, 0.15) is 6.92 Å². The number of halogens is 1. The summed E-state index contributed by atoms with van der Waals surface area (Å²) in [7, 11) is 0. The number of carbonyl (C=O) groups excluding carboxylic acids is 1. The second-order valence-electron chi connectivity index (χ2n) is 2.50. The maximum atomic E-state index is 11.1. The monoisotopic (exact) mass is 245 g/mol. The fourth-order valence-corrected chi connectivity index (χ4v) is 1.55. The van der Waals surface area contributed by atoms with Gasteiger partial charge in [0, 0.05) is 4.90 Å². The van der Waals surface area contributed by atoms with Crippen LogP contribution in [0.3, 0.4) is 0 Å². The quantitative estimate of drug-likeness (QED) is 0.271. The van der Waals surface area contributed by atoms with E-state index in [2.05, 4.69) is 0 Å². The van der Waals surface area contributed by atoms with Gasteiger partial charge in [0.05, 0.1) is 6.61 Å². The molecule has 0 amide bonds. The van der Waals surface area contributed by atoms with E-state index in [0.29, 0.717) is 6.61 Å². The van der Waals surface area contributed by atoms with Crippen LogP contribution in [-0.4, -0.2) is 17.6 Å². The van der Waals surface area contributed by atoms with E-state index >= 15 is 0 Å². The molecule has 3 nitrogen and oxygen atoms in total. The molecule has 0 radical (unpaired) electrons. The van der Waals surface area contributed by atoms with Gasteiger partial charge in [-0.25, -0.2) is 10.2 Å². The van der Waals surface area contributed by atoms with Gasteiger partial charge in [-0.2, -0.15) is 0 Å². The number of hydrogen-bond acceptors (Lipinski definition) is 3. The Morgan fingerprint density at radius 3 is 2.53 bits per heavy atom. The fraction of sp³-hybridized carbons (Fsp3) is 0.200. The van der Waals surface area contributed by atoms with E-state index < -0.39 is 5.97 Å². The molecule has 0 bridgehead atoms. The van der Waals surface area contributed by atoms with Gasteiger partial charge in [0.2, 0.25) is 0 Å². The second-order valence-corrected chi connectivity index (χ2v) is 3.62. The Balaban J connectivity index is 0.00000196. The van der Waals surface area contributed by atoms with E-state index in [1.54, 1.807) is 6.92 Å². The zero-order chi connectivity index (χ0) is 10.4. The summed E-state index contributed by atoms with van der Waals surface area (Å²) in [5, 5.41) is 5.71. The van der Waals surface area contributed by atoms with Gasteiger partial charge in [-0.15, -0.1) is 0 Å². The highest BCUT2D eigenvalue weighted by atomic mass is 35.5. The van der Waals surface area contributed by atoms with Crippen molar-refractivity contribution in [3.05, 3.63) is 30.3 Å². The predicted octanol–water partition coefficient (Wildman–Crippen LogP) is -2.50. The number of benzene rings is 1. The van der Waals surface area contributed by atoms with E-state index in [1.807, 2.05) is 30.3 Å². The minimum atomic E-state index is -0.457. The number of rotatable bonds is 2. The summed E-state index contributed by atoms with van der Waals surface area (Å²) in [6, 6.07) is 9.46. The molecule has 15 heavy (non-hydrogen) atoms. The Morgan fingerprint density at radius 1 is 1.40 bits per heavy atom. The van der Waals surface area contributed by atoms with Crippen molar-refractivity contribution in [1.82, 2.24) is 0 Å². The summed E-state index contributed by atoms with van der Waals surface area (Å²) in [5.41, 5.74) is 0. The van der Waals surface area contributed by atoms with Gasteiger partial charge < -0.3 is 17.1 Å². The van der Waals surface area contributed by atoms with Crippen molar-refractivity contribution < 1.29 is 27.3 Å². The van der Waals surface area contributed by atoms with Crippen LogP contribution in [0.15, 0.2) is 35.2 Å². The Bertz CT molecular complexity index is 329. The van der Waals surface area contributed by atoms with Crippen molar-refractivity contribution in [2.24, 2.45) is 0 Å². The van der Waals surface area contributed by atoms with Crippen molar-refractivity contribution in [1.29, 1.82) is 0 Å². The largest absolute Gasteiger partial charge is 1.00 e. The van der Waals surface area contributed by atoms with E-state index in [-0.39, 0.29) is 17.5 Å². The van der Waals surface area contributed by atoms with Crippen LogP contribution in [0.5, 0.6) is 0 Å². The zero-order valence-electron chi connectivity index (χ0n) is 8.27. The zero-order valence-corrected chi connectivity index (χ0v) is 9.85. The van der Waals surface area contributed by atoms with Gasteiger partial charge in [0.15, 0.2) is 0 Å². The molecule has 0 spiro atoms. The molecule has 5 heteroatoms. The molecule has 0 heterocycles. The SMILES string of the molecule is CCOC(=O)C(=[NH2+])Sc1ccccc1.[Cl-]. The summed E-state index contributed by atoms with van der Waals surface area (Å²) in [5.74, 6) is -0.457. The van der Waals surface area contributed by atoms with E-state index in [4.69, 9.17) is 10.1 Å². The number of esters is 1. The predicted molar refractivity (Wildman–Crippen MR) is 55.9 cm³/mol. The average Bonchev–Trinajstić information content (AvgIpc) is 2.19. The fourth-order valence-electron chi connectivity index (χ4n) is 0.859. The molecule has 0 aliphatic carbocycles. The van der Waals surface area contributed by atoms with Gasteiger partial charge in [0.1, 0.15) is 0 Å². The van der Waals surface area contributed by atoms with Crippen molar-refractivity contribution in [2.45, 2.75) is 11.8 Å². The van der Waals surface area contributed by atoms with Crippen molar-refractivity contribution in [3.8, 4) is 0 Å². The standard InChI is InChI=1S/C10H11NO2S.ClH/c1-2-13-10(12)9(11)14-8-6-4-3-5-7-8;/h3-7,11H,2H2,1H3;1H. The van der Waals surface area contributed by atoms with Crippen LogP contribution in [0.25, 0.3) is 0 Å². The summed E-state index contributed by atoms with van der Waals surface area (Å²) in [6.45, 7) is 2.09. The van der Waals surface area contributed by atoms with Crippen LogP contribution in [0, 0.1) is 0 Å². The third-order valence-corrected chi connectivity index (χ3v) is 2.34. The van der Waals surface area contributed by atoms with E-state index in [9.17, 15) is 4.79 Å². The molecule has 0 aromatic heterocycles. The van der Waals surface area contributed by atoms with Crippen molar-refractivity contribution in [2.75, 3.05) is 6.61 Å². The van der Waals surface area contributed by atoms with Crippen molar-refractivity contribution >= 4 is 22.8 Å². The highest BCUT2D eigenvalue weighted by Crippen LogP contribution is 2.17. The molecular formula is C10H12ClNO2S. The molecule has 1 aromatic carbocycles. The van der Waals surface area contributed by atoms with E-state index in [0.717, 1.165) is 4.90 Å². The van der Waals surface area contributed by atoms with Crippen LogP contribution in [0.2, 0.25) is 0 Å². The maximum Gasteiger partial charge on any atom is 0.410 e. The maximum absolute atomic E-state index is 11.1.